The Bertz CT molecular complexity index is 716. The van der Waals surface area contributed by atoms with Gasteiger partial charge >= 0.3 is 0 Å². The van der Waals surface area contributed by atoms with Crippen LogP contribution in [0.3, 0.4) is 0 Å². The van der Waals surface area contributed by atoms with E-state index in [4.69, 9.17) is 21.1 Å². The van der Waals surface area contributed by atoms with E-state index in [-0.39, 0.29) is 17.4 Å². The van der Waals surface area contributed by atoms with Crippen molar-refractivity contribution in [3.8, 4) is 5.75 Å². The molecule has 1 aromatic carbocycles. The number of piperidine rings is 1. The molecular weight excluding hydrogens is 380 g/mol. The fourth-order valence-corrected chi connectivity index (χ4v) is 4.47. The van der Waals surface area contributed by atoms with Crippen LogP contribution in [0.1, 0.15) is 49.4 Å². The van der Waals surface area contributed by atoms with E-state index >= 15 is 0 Å². The van der Waals surface area contributed by atoms with Gasteiger partial charge in [0.05, 0.1) is 18.3 Å². The van der Waals surface area contributed by atoms with Crippen LogP contribution < -0.4 is 10.1 Å². The number of benzene rings is 1. The second-order valence-corrected chi connectivity index (χ2v) is 8.24. The Morgan fingerprint density at radius 2 is 2.11 bits per heavy atom. The normalized spacial score (nSPS) is 21.4. The van der Waals surface area contributed by atoms with Crippen molar-refractivity contribution >= 4 is 23.4 Å². The van der Waals surface area contributed by atoms with Gasteiger partial charge in [-0.05, 0) is 56.2 Å². The Morgan fingerprint density at radius 1 is 1.36 bits per heavy atom. The number of ether oxygens (including phenoxy) is 2. The lowest BCUT2D eigenvalue weighted by Gasteiger charge is -2.46. The molecule has 6 nitrogen and oxygen atoms in total. The van der Waals surface area contributed by atoms with Gasteiger partial charge in [0.2, 0.25) is 5.91 Å². The van der Waals surface area contributed by atoms with E-state index in [2.05, 4.69) is 5.32 Å². The number of amides is 2. The lowest BCUT2D eigenvalue weighted by molar-refractivity contribution is -0.125. The number of halogens is 1. The summed E-state index contributed by atoms with van der Waals surface area (Å²) in [5.74, 6) is 1.05. The van der Waals surface area contributed by atoms with Crippen molar-refractivity contribution < 1.29 is 19.1 Å². The molecule has 2 heterocycles. The second kappa shape index (κ2) is 9.14. The van der Waals surface area contributed by atoms with Gasteiger partial charge < -0.3 is 19.7 Å². The van der Waals surface area contributed by atoms with Gasteiger partial charge in [-0.15, -0.1) is 0 Å². The van der Waals surface area contributed by atoms with Crippen LogP contribution in [-0.2, 0) is 9.53 Å². The summed E-state index contributed by atoms with van der Waals surface area (Å²) < 4.78 is 11.5. The van der Waals surface area contributed by atoms with Crippen LogP contribution in [-0.4, -0.2) is 55.7 Å². The fraction of sp³-hybridized carbons (Fsp3) is 0.619. The van der Waals surface area contributed by atoms with Crippen molar-refractivity contribution in [1.82, 2.24) is 10.2 Å². The quantitative estimate of drug-likeness (QED) is 0.811. The van der Waals surface area contributed by atoms with Gasteiger partial charge in [0.15, 0.2) is 0 Å². The van der Waals surface area contributed by atoms with Crippen LogP contribution in [0.25, 0.3) is 0 Å². The van der Waals surface area contributed by atoms with E-state index < -0.39 is 0 Å². The van der Waals surface area contributed by atoms with Gasteiger partial charge in [0.25, 0.3) is 5.91 Å². The largest absolute Gasteiger partial charge is 0.496 e. The Kier molecular flexibility index (Phi) is 6.83. The first kappa shape index (κ1) is 20.9. The minimum absolute atomic E-state index is 0.0196. The molecule has 1 spiro atoms. The summed E-state index contributed by atoms with van der Waals surface area (Å²) in [4.78, 5) is 25.9. The predicted molar refractivity (Wildman–Crippen MR) is 108 cm³/mol. The molecule has 2 aliphatic heterocycles. The first-order valence-corrected chi connectivity index (χ1v) is 10.3. The highest BCUT2D eigenvalue weighted by Crippen LogP contribution is 2.39. The molecule has 1 atom stereocenters. The van der Waals surface area contributed by atoms with E-state index in [1.165, 1.54) is 0 Å². The Labute approximate surface area is 171 Å². The van der Waals surface area contributed by atoms with E-state index in [1.807, 2.05) is 4.90 Å². The summed E-state index contributed by atoms with van der Waals surface area (Å²) in [6, 6.07) is 5.11. The third-order valence-corrected chi connectivity index (χ3v) is 6.11. The standard InChI is InChI=1S/C21H29ClN2O4/c1-15(25)23-9-5-16-6-12-28-21(14-16)7-10-24(11-8-21)20(26)18-4-3-17(22)13-19(18)27-2/h3-4,13,16H,5-12,14H2,1-2H3,(H,23,25). The summed E-state index contributed by atoms with van der Waals surface area (Å²) in [5.41, 5.74) is 0.403. The summed E-state index contributed by atoms with van der Waals surface area (Å²) in [6.45, 7) is 4.36. The van der Waals surface area contributed by atoms with Crippen LogP contribution in [0.4, 0.5) is 0 Å². The molecule has 28 heavy (non-hydrogen) atoms. The molecule has 0 bridgehead atoms. The number of nitrogens with one attached hydrogen (secondary N) is 1. The molecule has 0 radical (unpaired) electrons. The molecule has 0 saturated carbocycles. The molecule has 7 heteroatoms. The number of hydrogen-bond donors (Lipinski definition) is 1. The zero-order chi connectivity index (χ0) is 20.1. The predicted octanol–water partition coefficient (Wildman–Crippen LogP) is 3.28. The molecule has 1 aromatic rings. The van der Waals surface area contributed by atoms with Crippen molar-refractivity contribution in [3.63, 3.8) is 0 Å². The zero-order valence-corrected chi connectivity index (χ0v) is 17.4. The summed E-state index contributed by atoms with van der Waals surface area (Å²) in [5, 5.41) is 3.43. The fourth-order valence-electron chi connectivity index (χ4n) is 4.31. The van der Waals surface area contributed by atoms with Gasteiger partial charge in [-0.25, -0.2) is 0 Å². The smallest absolute Gasteiger partial charge is 0.257 e. The first-order valence-electron chi connectivity index (χ1n) is 9.94. The highest BCUT2D eigenvalue weighted by Gasteiger charge is 2.41. The number of nitrogens with zero attached hydrogens (tertiary/aromatic N) is 1. The van der Waals surface area contributed by atoms with Gasteiger partial charge in [-0.3, -0.25) is 9.59 Å². The zero-order valence-electron chi connectivity index (χ0n) is 16.6. The Balaban J connectivity index is 1.57. The molecule has 1 N–H and O–H groups in total. The first-order chi connectivity index (χ1) is 13.4. The molecule has 1 unspecified atom stereocenters. The lowest BCUT2D eigenvalue weighted by Crippen LogP contribution is -2.51. The third kappa shape index (κ3) is 4.97. The maximum Gasteiger partial charge on any atom is 0.257 e. The Hall–Kier alpha value is -1.79. The van der Waals surface area contributed by atoms with Gasteiger partial charge in [0.1, 0.15) is 5.75 Å². The van der Waals surface area contributed by atoms with Gasteiger partial charge in [-0.2, -0.15) is 0 Å². The lowest BCUT2D eigenvalue weighted by atomic mass is 9.78. The van der Waals surface area contributed by atoms with Crippen molar-refractivity contribution in [2.75, 3.05) is 33.4 Å². The monoisotopic (exact) mass is 408 g/mol. The van der Waals surface area contributed by atoms with Gasteiger partial charge in [-0.1, -0.05) is 11.6 Å². The van der Waals surface area contributed by atoms with E-state index in [9.17, 15) is 9.59 Å². The van der Waals surface area contributed by atoms with Crippen LogP contribution in [0.15, 0.2) is 18.2 Å². The number of carbonyl (C=O) groups excluding carboxylic acids is 2. The molecule has 2 saturated heterocycles. The molecule has 2 aliphatic rings. The maximum atomic E-state index is 13.0. The van der Waals surface area contributed by atoms with Crippen LogP contribution in [0.5, 0.6) is 5.75 Å². The molecule has 0 aliphatic carbocycles. The molecule has 0 aromatic heterocycles. The highest BCUT2D eigenvalue weighted by atomic mass is 35.5. The number of hydrogen-bond acceptors (Lipinski definition) is 4. The molecule has 2 fully saturated rings. The average molecular weight is 409 g/mol. The number of likely N-dealkylation sites (tertiary alicyclic amines) is 1. The van der Waals surface area contributed by atoms with Crippen molar-refractivity contribution in [3.05, 3.63) is 28.8 Å². The third-order valence-electron chi connectivity index (χ3n) is 5.88. The molecule has 154 valence electrons. The number of methoxy groups -OCH3 is 1. The number of rotatable bonds is 5. The molecule has 3 rings (SSSR count). The topological polar surface area (TPSA) is 67.9 Å². The van der Waals surface area contributed by atoms with Gasteiger partial charge in [0, 0.05) is 38.2 Å². The summed E-state index contributed by atoms with van der Waals surface area (Å²) in [7, 11) is 1.55. The van der Waals surface area contributed by atoms with Crippen LogP contribution >= 0.6 is 11.6 Å². The van der Waals surface area contributed by atoms with Crippen molar-refractivity contribution in [1.29, 1.82) is 0 Å². The second-order valence-electron chi connectivity index (χ2n) is 7.80. The molecular formula is C21H29ClN2O4. The van der Waals surface area contributed by atoms with Crippen molar-refractivity contribution in [2.24, 2.45) is 5.92 Å². The summed E-state index contributed by atoms with van der Waals surface area (Å²) >= 11 is 6.01. The van der Waals surface area contributed by atoms with E-state index in [1.54, 1.807) is 32.2 Å². The minimum Gasteiger partial charge on any atom is -0.496 e. The summed E-state index contributed by atoms with van der Waals surface area (Å²) in [6.07, 6.45) is 4.69. The van der Waals surface area contributed by atoms with Crippen LogP contribution in [0, 0.1) is 5.92 Å². The highest BCUT2D eigenvalue weighted by molar-refractivity contribution is 6.30. The van der Waals surface area contributed by atoms with E-state index in [0.717, 1.165) is 45.3 Å². The average Bonchev–Trinajstić information content (AvgIpc) is 2.68. The van der Waals surface area contributed by atoms with Crippen LogP contribution in [0.2, 0.25) is 5.02 Å². The maximum absolute atomic E-state index is 13.0. The Morgan fingerprint density at radius 3 is 2.79 bits per heavy atom. The molecule has 2 amide bonds. The number of carbonyl (C=O) groups is 2. The van der Waals surface area contributed by atoms with E-state index in [0.29, 0.717) is 35.3 Å². The van der Waals surface area contributed by atoms with Crippen molar-refractivity contribution in [2.45, 2.75) is 44.6 Å². The minimum atomic E-state index is -0.139. The SMILES string of the molecule is COc1cc(Cl)ccc1C(=O)N1CCC2(CC1)CC(CCNC(C)=O)CCO2.